The minimum Gasteiger partial charge on any atom is -0.432 e. The van der Waals surface area contributed by atoms with E-state index in [0.29, 0.717) is 17.1 Å². The summed E-state index contributed by atoms with van der Waals surface area (Å²) in [7, 11) is 0. The molecule has 0 unspecified atom stereocenters. The molecule has 0 bridgehead atoms. The fourth-order valence-corrected chi connectivity index (χ4v) is 1.63. The topological polar surface area (TPSA) is 106 Å². The first-order chi connectivity index (χ1) is 9.49. The molecule has 106 valence electrons. The van der Waals surface area contributed by atoms with E-state index in [2.05, 4.69) is 20.7 Å². The minimum atomic E-state index is -0.326. The Bertz CT molecular complexity index is 621. The van der Waals surface area contributed by atoms with Crippen molar-refractivity contribution >= 4 is 17.7 Å². The summed E-state index contributed by atoms with van der Waals surface area (Å²) in [5, 5.41) is 2.58. The second-order valence-electron chi connectivity index (χ2n) is 4.71. The third-order valence-corrected chi connectivity index (χ3v) is 2.69. The van der Waals surface area contributed by atoms with Gasteiger partial charge in [0.1, 0.15) is 12.1 Å². The summed E-state index contributed by atoms with van der Waals surface area (Å²) in [6.45, 7) is 5.75. The van der Waals surface area contributed by atoms with E-state index >= 15 is 0 Å². The van der Waals surface area contributed by atoms with Gasteiger partial charge in [-0.2, -0.15) is 4.98 Å². The van der Waals surface area contributed by atoms with Crippen molar-refractivity contribution in [3.8, 4) is 0 Å². The second kappa shape index (κ2) is 5.70. The van der Waals surface area contributed by atoms with E-state index in [1.807, 2.05) is 13.8 Å². The van der Waals surface area contributed by atoms with E-state index in [1.165, 1.54) is 6.26 Å². The molecular weight excluding hydrogens is 258 g/mol. The van der Waals surface area contributed by atoms with Crippen LogP contribution in [0.25, 0.3) is 0 Å². The predicted molar refractivity (Wildman–Crippen MR) is 75.3 cm³/mol. The van der Waals surface area contributed by atoms with E-state index in [0.717, 1.165) is 5.69 Å². The van der Waals surface area contributed by atoms with Crippen LogP contribution in [-0.2, 0) is 0 Å². The smallest absolute Gasteiger partial charge is 0.301 e. The number of aromatic nitrogens is 2. The van der Waals surface area contributed by atoms with Crippen LogP contribution in [0.15, 0.2) is 22.8 Å². The van der Waals surface area contributed by atoms with Crippen molar-refractivity contribution in [3.63, 3.8) is 0 Å². The molecule has 0 fully saturated rings. The number of hydrazine groups is 1. The van der Waals surface area contributed by atoms with E-state index in [4.69, 9.17) is 10.3 Å². The number of rotatable bonds is 4. The summed E-state index contributed by atoms with van der Waals surface area (Å²) < 4.78 is 5.09. The monoisotopic (exact) mass is 275 g/mol. The lowest BCUT2D eigenvalue weighted by Crippen LogP contribution is -2.16. The molecule has 0 aliphatic rings. The molecule has 2 aromatic rings. The maximum absolute atomic E-state index is 12.2. The number of carbonyl (C=O) groups excluding carboxylic acids is 1. The van der Waals surface area contributed by atoms with Gasteiger partial charge in [0.15, 0.2) is 0 Å². The number of hydrogen-bond donors (Lipinski definition) is 3. The van der Waals surface area contributed by atoms with Crippen LogP contribution in [0.1, 0.15) is 41.5 Å². The Balaban J connectivity index is 2.26. The molecule has 1 amide bonds. The number of nitrogen functional groups attached to an aromatic ring is 1. The van der Waals surface area contributed by atoms with Gasteiger partial charge in [-0.15, -0.1) is 0 Å². The van der Waals surface area contributed by atoms with Crippen LogP contribution in [0.4, 0.5) is 11.8 Å². The molecule has 7 nitrogen and oxygen atoms in total. The van der Waals surface area contributed by atoms with Crippen LogP contribution in [0, 0.1) is 6.92 Å². The van der Waals surface area contributed by atoms with Crippen molar-refractivity contribution in [2.24, 2.45) is 5.84 Å². The average molecular weight is 275 g/mol. The van der Waals surface area contributed by atoms with Crippen molar-refractivity contribution in [2.45, 2.75) is 26.7 Å². The lowest BCUT2D eigenvalue weighted by Gasteiger charge is -2.10. The van der Waals surface area contributed by atoms with Crippen LogP contribution < -0.4 is 16.6 Å². The fraction of sp³-hybridized carbons (Fsp3) is 0.308. The summed E-state index contributed by atoms with van der Waals surface area (Å²) in [5.74, 6) is 5.66. The number of amides is 1. The first-order valence-electron chi connectivity index (χ1n) is 6.21. The number of carbonyl (C=O) groups is 1. The Labute approximate surface area is 116 Å². The van der Waals surface area contributed by atoms with Crippen LogP contribution in [-0.4, -0.2) is 15.9 Å². The Hall–Kier alpha value is -2.41. The second-order valence-corrected chi connectivity index (χ2v) is 4.71. The summed E-state index contributed by atoms with van der Waals surface area (Å²) >= 11 is 0. The number of nitrogens with one attached hydrogen (secondary N) is 2. The highest BCUT2D eigenvalue weighted by Crippen LogP contribution is 2.18. The number of aryl methyl sites for hydroxylation is 1. The standard InChI is InChI=1S/C13H17N5O2/c1-7(2)10-4-9(5-11(16-10)18-14)12(19)17-13-15-8(3)6-20-13/h4-7H,14H2,1-3H3,(H,16,18)(H,15,17,19). The predicted octanol–water partition coefficient (Wildman–Crippen LogP) is 2.04. The van der Waals surface area contributed by atoms with Crippen LogP contribution in [0.2, 0.25) is 0 Å². The molecule has 0 aliphatic carbocycles. The quantitative estimate of drug-likeness (QED) is 0.582. The zero-order valence-electron chi connectivity index (χ0n) is 11.6. The summed E-state index contributed by atoms with van der Waals surface area (Å²) in [4.78, 5) is 20.5. The first-order valence-corrected chi connectivity index (χ1v) is 6.21. The van der Waals surface area contributed by atoms with Gasteiger partial charge in [0.2, 0.25) is 0 Å². The molecule has 4 N–H and O–H groups in total. The molecule has 0 saturated heterocycles. The molecule has 0 aromatic carbocycles. The Morgan fingerprint density at radius 3 is 2.65 bits per heavy atom. The lowest BCUT2D eigenvalue weighted by atomic mass is 10.1. The Morgan fingerprint density at radius 1 is 1.35 bits per heavy atom. The summed E-state index contributed by atoms with van der Waals surface area (Å²) in [5.41, 5.74) is 4.36. The third-order valence-electron chi connectivity index (χ3n) is 2.69. The molecule has 0 aliphatic heterocycles. The molecule has 0 saturated carbocycles. The summed E-state index contributed by atoms with van der Waals surface area (Å²) in [6, 6.07) is 3.45. The van der Waals surface area contributed by atoms with Crippen molar-refractivity contribution < 1.29 is 9.21 Å². The van der Waals surface area contributed by atoms with E-state index in [9.17, 15) is 4.79 Å². The molecular formula is C13H17N5O2. The molecule has 2 aromatic heterocycles. The molecule has 0 atom stereocenters. The maximum Gasteiger partial charge on any atom is 0.301 e. The first kappa shape index (κ1) is 14.0. The largest absolute Gasteiger partial charge is 0.432 e. The highest BCUT2D eigenvalue weighted by Gasteiger charge is 2.13. The SMILES string of the molecule is Cc1coc(NC(=O)c2cc(NN)nc(C(C)C)c2)n1. The van der Waals surface area contributed by atoms with Gasteiger partial charge >= 0.3 is 6.01 Å². The van der Waals surface area contributed by atoms with Gasteiger partial charge in [-0.25, -0.2) is 10.8 Å². The number of oxazole rings is 1. The normalized spacial score (nSPS) is 10.7. The molecule has 2 heterocycles. The highest BCUT2D eigenvalue weighted by molar-refractivity contribution is 6.03. The molecule has 0 spiro atoms. The minimum absolute atomic E-state index is 0.165. The number of hydrogen-bond acceptors (Lipinski definition) is 6. The van der Waals surface area contributed by atoms with Gasteiger partial charge in [-0.3, -0.25) is 10.1 Å². The fourth-order valence-electron chi connectivity index (χ4n) is 1.63. The van der Waals surface area contributed by atoms with E-state index in [-0.39, 0.29) is 17.8 Å². The van der Waals surface area contributed by atoms with Gasteiger partial charge in [-0.1, -0.05) is 13.8 Å². The van der Waals surface area contributed by atoms with Gasteiger partial charge < -0.3 is 9.84 Å². The third kappa shape index (κ3) is 3.12. The van der Waals surface area contributed by atoms with Crippen molar-refractivity contribution in [2.75, 3.05) is 10.7 Å². The van der Waals surface area contributed by atoms with Crippen molar-refractivity contribution in [1.29, 1.82) is 0 Å². The Kier molecular flexibility index (Phi) is 3.99. The average Bonchev–Trinajstić information content (AvgIpc) is 2.83. The number of anilines is 2. The number of nitrogens with two attached hydrogens (primary N) is 1. The van der Waals surface area contributed by atoms with Gasteiger partial charge in [-0.05, 0) is 25.0 Å². The van der Waals surface area contributed by atoms with Crippen molar-refractivity contribution in [1.82, 2.24) is 9.97 Å². The number of nitrogens with zero attached hydrogens (tertiary/aromatic N) is 2. The zero-order valence-corrected chi connectivity index (χ0v) is 11.6. The summed E-state index contributed by atoms with van der Waals surface area (Å²) in [6.07, 6.45) is 1.47. The molecule has 7 heteroatoms. The van der Waals surface area contributed by atoms with Crippen LogP contribution >= 0.6 is 0 Å². The van der Waals surface area contributed by atoms with Crippen molar-refractivity contribution in [3.05, 3.63) is 35.3 Å². The highest BCUT2D eigenvalue weighted by atomic mass is 16.4. The van der Waals surface area contributed by atoms with Crippen LogP contribution in [0.5, 0.6) is 0 Å². The number of pyridine rings is 1. The molecule has 0 radical (unpaired) electrons. The van der Waals surface area contributed by atoms with E-state index in [1.54, 1.807) is 19.1 Å². The van der Waals surface area contributed by atoms with Crippen LogP contribution in [0.3, 0.4) is 0 Å². The molecule has 20 heavy (non-hydrogen) atoms. The zero-order chi connectivity index (χ0) is 14.7. The van der Waals surface area contributed by atoms with E-state index < -0.39 is 0 Å². The Morgan fingerprint density at radius 2 is 2.10 bits per heavy atom. The maximum atomic E-state index is 12.2. The van der Waals surface area contributed by atoms with Gasteiger partial charge in [0.05, 0.1) is 5.69 Å². The van der Waals surface area contributed by atoms with Gasteiger partial charge in [0.25, 0.3) is 5.91 Å². The molecule has 2 rings (SSSR count). The van der Waals surface area contributed by atoms with Gasteiger partial charge in [0, 0.05) is 11.3 Å². The lowest BCUT2D eigenvalue weighted by molar-refractivity contribution is 0.102.